The molecule has 0 fully saturated rings. The average Bonchev–Trinajstić information content (AvgIpc) is 2.52. The molecule has 23 heavy (non-hydrogen) atoms. The van der Waals surface area contributed by atoms with E-state index in [9.17, 15) is 9.59 Å². The van der Waals surface area contributed by atoms with E-state index in [4.69, 9.17) is 27.9 Å². The van der Waals surface area contributed by atoms with Gasteiger partial charge < -0.3 is 10.1 Å². The number of amides is 2. The van der Waals surface area contributed by atoms with Crippen LogP contribution in [0.3, 0.4) is 0 Å². The molecule has 0 spiro atoms. The van der Waals surface area contributed by atoms with Crippen LogP contribution in [0.5, 0.6) is 5.75 Å². The van der Waals surface area contributed by atoms with E-state index in [1.807, 2.05) is 0 Å². The van der Waals surface area contributed by atoms with Gasteiger partial charge in [0.05, 0.1) is 16.4 Å². The maximum Gasteiger partial charge on any atom is 0.265 e. The number of rotatable bonds is 3. The summed E-state index contributed by atoms with van der Waals surface area (Å²) < 4.78 is 5.34. The molecule has 3 rings (SSSR count). The second-order valence-corrected chi connectivity index (χ2v) is 5.75. The first-order valence-corrected chi connectivity index (χ1v) is 7.57. The number of carbonyl (C=O) groups excluding carboxylic acids is 2. The molecule has 0 aromatic heterocycles. The van der Waals surface area contributed by atoms with Crippen molar-refractivity contribution < 1.29 is 14.3 Å². The fourth-order valence-corrected chi connectivity index (χ4v) is 2.59. The molecule has 0 bridgehead atoms. The first kappa shape index (κ1) is 15.6. The van der Waals surface area contributed by atoms with Crippen LogP contribution in [0.1, 0.15) is 0 Å². The lowest BCUT2D eigenvalue weighted by Crippen LogP contribution is -2.43. The van der Waals surface area contributed by atoms with Crippen LogP contribution in [0.25, 0.3) is 0 Å². The Bertz CT molecular complexity index is 780. The number of halogens is 2. The Kier molecular flexibility index (Phi) is 4.41. The van der Waals surface area contributed by atoms with E-state index in [1.54, 1.807) is 42.5 Å². The van der Waals surface area contributed by atoms with Crippen LogP contribution in [0.2, 0.25) is 10.0 Å². The first-order valence-electron chi connectivity index (χ1n) is 6.81. The Morgan fingerprint density at radius 1 is 1.22 bits per heavy atom. The Labute approximate surface area is 142 Å². The van der Waals surface area contributed by atoms with Crippen LogP contribution >= 0.6 is 23.2 Å². The predicted molar refractivity (Wildman–Crippen MR) is 89.4 cm³/mol. The Hall–Kier alpha value is -2.24. The van der Waals surface area contributed by atoms with E-state index < -0.39 is 0 Å². The minimum atomic E-state index is -0.362. The van der Waals surface area contributed by atoms with Gasteiger partial charge in [0.2, 0.25) is 5.91 Å². The van der Waals surface area contributed by atoms with E-state index in [0.29, 0.717) is 27.2 Å². The van der Waals surface area contributed by atoms with Gasteiger partial charge in [0, 0.05) is 5.02 Å². The molecule has 1 aliphatic heterocycles. The zero-order valence-electron chi connectivity index (χ0n) is 11.9. The summed E-state index contributed by atoms with van der Waals surface area (Å²) in [5, 5.41) is 3.57. The number of carbonyl (C=O) groups is 2. The molecule has 0 saturated heterocycles. The van der Waals surface area contributed by atoms with Crippen LogP contribution in [-0.2, 0) is 9.59 Å². The van der Waals surface area contributed by atoms with Gasteiger partial charge in [-0.05, 0) is 30.3 Å². The summed E-state index contributed by atoms with van der Waals surface area (Å²) in [5.74, 6) is -0.159. The number of hydrogen-bond donors (Lipinski definition) is 1. The van der Waals surface area contributed by atoms with Crippen molar-refractivity contribution in [3.8, 4) is 5.75 Å². The molecule has 5 nitrogen and oxygen atoms in total. The molecule has 0 atom stereocenters. The van der Waals surface area contributed by atoms with Crippen molar-refractivity contribution in [2.75, 3.05) is 23.4 Å². The summed E-state index contributed by atoms with van der Waals surface area (Å²) in [6, 6.07) is 11.8. The van der Waals surface area contributed by atoms with Gasteiger partial charge in [0.1, 0.15) is 12.3 Å². The topological polar surface area (TPSA) is 58.6 Å². The van der Waals surface area contributed by atoms with Crippen molar-refractivity contribution in [2.24, 2.45) is 0 Å². The highest BCUT2D eigenvalue weighted by Gasteiger charge is 2.27. The fourth-order valence-electron chi connectivity index (χ4n) is 2.24. The van der Waals surface area contributed by atoms with Crippen molar-refractivity contribution in [1.82, 2.24) is 0 Å². The molecular formula is C16H12Cl2N2O3. The maximum atomic E-state index is 12.2. The quantitative estimate of drug-likeness (QED) is 0.923. The minimum absolute atomic E-state index is 0.117. The number of nitrogens with one attached hydrogen (secondary N) is 1. The van der Waals surface area contributed by atoms with Gasteiger partial charge in [-0.15, -0.1) is 0 Å². The van der Waals surface area contributed by atoms with Crippen LogP contribution in [-0.4, -0.2) is 25.0 Å². The summed E-state index contributed by atoms with van der Waals surface area (Å²) in [6.07, 6.45) is 0. The monoisotopic (exact) mass is 350 g/mol. The van der Waals surface area contributed by atoms with Crippen LogP contribution in [0, 0.1) is 0 Å². The van der Waals surface area contributed by atoms with Crippen molar-refractivity contribution in [2.45, 2.75) is 0 Å². The molecule has 1 heterocycles. The Morgan fingerprint density at radius 2 is 2.00 bits per heavy atom. The molecule has 1 N–H and O–H groups in total. The number of para-hydroxylation sites is 1. The lowest BCUT2D eigenvalue weighted by atomic mass is 10.2. The zero-order valence-corrected chi connectivity index (χ0v) is 13.4. The highest BCUT2D eigenvalue weighted by atomic mass is 35.5. The molecule has 0 unspecified atom stereocenters. The van der Waals surface area contributed by atoms with Crippen molar-refractivity contribution in [3.05, 3.63) is 52.5 Å². The molecule has 0 saturated carbocycles. The smallest absolute Gasteiger partial charge is 0.265 e. The highest BCUT2D eigenvalue weighted by Crippen LogP contribution is 2.34. The molecule has 2 aromatic rings. The van der Waals surface area contributed by atoms with E-state index in [1.165, 1.54) is 4.90 Å². The number of fused-ring (bicyclic) bond motifs is 1. The van der Waals surface area contributed by atoms with Crippen molar-refractivity contribution >= 4 is 46.4 Å². The van der Waals surface area contributed by atoms with Gasteiger partial charge in [0.25, 0.3) is 5.91 Å². The van der Waals surface area contributed by atoms with Crippen LogP contribution < -0.4 is 15.0 Å². The van der Waals surface area contributed by atoms with Crippen LogP contribution in [0.4, 0.5) is 11.4 Å². The summed E-state index contributed by atoms with van der Waals surface area (Å²) in [6.45, 7) is -0.269. The van der Waals surface area contributed by atoms with Gasteiger partial charge >= 0.3 is 0 Å². The summed E-state index contributed by atoms with van der Waals surface area (Å²) in [4.78, 5) is 25.7. The van der Waals surface area contributed by atoms with Gasteiger partial charge in [-0.2, -0.15) is 0 Å². The zero-order chi connectivity index (χ0) is 16.4. The largest absolute Gasteiger partial charge is 0.482 e. The van der Waals surface area contributed by atoms with E-state index >= 15 is 0 Å². The summed E-state index contributed by atoms with van der Waals surface area (Å²) in [5.41, 5.74) is 0.967. The molecule has 2 aromatic carbocycles. The maximum absolute atomic E-state index is 12.2. The summed E-state index contributed by atoms with van der Waals surface area (Å²) in [7, 11) is 0. The Balaban J connectivity index is 1.80. The second-order valence-electron chi connectivity index (χ2n) is 4.91. The van der Waals surface area contributed by atoms with Crippen LogP contribution in [0.15, 0.2) is 42.5 Å². The standard InChI is InChI=1S/C16H12Cl2N2O3/c17-10-5-6-14-13(7-10)20(16(22)9-23-14)8-15(21)19-12-4-2-1-3-11(12)18/h1-7H,8-9H2,(H,19,21). The molecular weight excluding hydrogens is 339 g/mol. The molecule has 0 radical (unpaired) electrons. The summed E-state index contributed by atoms with van der Waals surface area (Å²) >= 11 is 12.0. The third kappa shape index (κ3) is 3.41. The van der Waals surface area contributed by atoms with Crippen molar-refractivity contribution in [3.63, 3.8) is 0 Å². The lowest BCUT2D eigenvalue weighted by molar-refractivity contribution is -0.123. The van der Waals surface area contributed by atoms with Gasteiger partial charge in [-0.3, -0.25) is 14.5 Å². The third-order valence-electron chi connectivity index (χ3n) is 3.31. The van der Waals surface area contributed by atoms with Crippen molar-refractivity contribution in [1.29, 1.82) is 0 Å². The number of anilines is 2. The van der Waals surface area contributed by atoms with Gasteiger partial charge in [-0.25, -0.2) is 0 Å². The number of nitrogens with zero attached hydrogens (tertiary/aromatic N) is 1. The lowest BCUT2D eigenvalue weighted by Gasteiger charge is -2.29. The molecule has 118 valence electrons. The molecule has 2 amide bonds. The number of benzene rings is 2. The minimum Gasteiger partial charge on any atom is -0.482 e. The fraction of sp³-hybridized carbons (Fsp3) is 0.125. The predicted octanol–water partition coefficient (Wildman–Crippen LogP) is 3.36. The van der Waals surface area contributed by atoms with E-state index in [2.05, 4.69) is 5.32 Å². The molecule has 1 aliphatic rings. The van der Waals surface area contributed by atoms with Gasteiger partial charge in [-0.1, -0.05) is 35.3 Å². The first-order chi connectivity index (χ1) is 11.0. The number of ether oxygens (including phenoxy) is 1. The van der Waals surface area contributed by atoms with Gasteiger partial charge in [0.15, 0.2) is 6.61 Å². The third-order valence-corrected chi connectivity index (χ3v) is 3.88. The normalized spacial score (nSPS) is 13.3. The van der Waals surface area contributed by atoms with E-state index in [0.717, 1.165) is 0 Å². The highest BCUT2D eigenvalue weighted by molar-refractivity contribution is 6.33. The molecule has 0 aliphatic carbocycles. The van der Waals surface area contributed by atoms with E-state index in [-0.39, 0.29) is 25.0 Å². The number of hydrogen-bond acceptors (Lipinski definition) is 3. The molecule has 7 heteroatoms. The second kappa shape index (κ2) is 6.48. The average molecular weight is 351 g/mol. The Morgan fingerprint density at radius 3 is 2.78 bits per heavy atom. The SMILES string of the molecule is O=C(CN1C(=O)COc2ccc(Cl)cc21)Nc1ccccc1Cl.